The highest BCUT2D eigenvalue weighted by molar-refractivity contribution is 5.75. The van der Waals surface area contributed by atoms with Crippen molar-refractivity contribution in [2.24, 2.45) is 5.92 Å². The fourth-order valence-electron chi connectivity index (χ4n) is 1.58. The summed E-state index contributed by atoms with van der Waals surface area (Å²) < 4.78 is 5.21. The first-order valence-electron chi connectivity index (χ1n) is 5.34. The van der Waals surface area contributed by atoms with Crippen LogP contribution in [0.5, 0.6) is 0 Å². The van der Waals surface area contributed by atoms with Gasteiger partial charge in [0.25, 0.3) is 0 Å². The van der Waals surface area contributed by atoms with E-state index in [0.717, 1.165) is 0 Å². The zero-order chi connectivity index (χ0) is 11.7. The van der Waals surface area contributed by atoms with E-state index < -0.39 is 23.1 Å². The molecule has 1 fully saturated rings. The molecule has 1 saturated carbocycles. The third-order valence-electron chi connectivity index (χ3n) is 2.52. The van der Waals surface area contributed by atoms with Crippen LogP contribution < -0.4 is 0 Å². The van der Waals surface area contributed by atoms with Gasteiger partial charge in [0.15, 0.2) is 0 Å². The molecule has 0 aromatic rings. The van der Waals surface area contributed by atoms with Gasteiger partial charge in [-0.05, 0) is 40.0 Å². The molecule has 0 radical (unpaired) electrons. The molecular weight excluding hydrogens is 196 g/mol. The minimum atomic E-state index is -0.926. The van der Waals surface area contributed by atoms with E-state index in [1.807, 2.05) is 0 Å². The number of ether oxygens (including phenoxy) is 1. The van der Waals surface area contributed by atoms with Gasteiger partial charge in [-0.25, -0.2) is 0 Å². The van der Waals surface area contributed by atoms with Crippen LogP contribution in [0.25, 0.3) is 0 Å². The predicted molar refractivity (Wildman–Crippen MR) is 55.2 cm³/mol. The average molecular weight is 216 g/mol. The fraction of sp³-hybridized carbons (Fsp3) is 0.909. The molecule has 2 N–H and O–H groups in total. The van der Waals surface area contributed by atoms with Crippen molar-refractivity contribution in [2.75, 3.05) is 6.61 Å². The molecule has 0 heterocycles. The van der Waals surface area contributed by atoms with Gasteiger partial charge < -0.3 is 14.9 Å². The van der Waals surface area contributed by atoms with Crippen molar-refractivity contribution in [3.63, 3.8) is 0 Å². The molecule has 15 heavy (non-hydrogen) atoms. The molecule has 1 rings (SSSR count). The SMILES string of the molecule is CC(C)(C)OC(=O)[C@H](CCO)C1(O)CC1. The monoisotopic (exact) mass is 216 g/mol. The van der Waals surface area contributed by atoms with Gasteiger partial charge in [-0.2, -0.15) is 0 Å². The zero-order valence-corrected chi connectivity index (χ0v) is 9.62. The molecule has 1 aliphatic rings. The van der Waals surface area contributed by atoms with Gasteiger partial charge in [0.2, 0.25) is 0 Å². The van der Waals surface area contributed by atoms with E-state index in [4.69, 9.17) is 9.84 Å². The van der Waals surface area contributed by atoms with E-state index in [0.29, 0.717) is 12.8 Å². The van der Waals surface area contributed by atoms with Crippen molar-refractivity contribution in [2.45, 2.75) is 51.2 Å². The molecule has 4 heteroatoms. The molecule has 0 aromatic heterocycles. The van der Waals surface area contributed by atoms with Gasteiger partial charge >= 0.3 is 5.97 Å². The van der Waals surface area contributed by atoms with Crippen LogP contribution in [0.15, 0.2) is 0 Å². The topological polar surface area (TPSA) is 66.8 Å². The summed E-state index contributed by atoms with van der Waals surface area (Å²) in [7, 11) is 0. The van der Waals surface area contributed by atoms with E-state index in [-0.39, 0.29) is 13.0 Å². The minimum absolute atomic E-state index is 0.105. The number of hydrogen-bond acceptors (Lipinski definition) is 4. The molecule has 0 bridgehead atoms. The summed E-state index contributed by atoms with van der Waals surface area (Å²) in [5.74, 6) is -0.988. The zero-order valence-electron chi connectivity index (χ0n) is 9.62. The van der Waals surface area contributed by atoms with Crippen molar-refractivity contribution in [1.82, 2.24) is 0 Å². The Balaban J connectivity index is 2.60. The molecule has 0 unspecified atom stereocenters. The second kappa shape index (κ2) is 4.10. The second-order valence-electron chi connectivity index (χ2n) is 5.20. The van der Waals surface area contributed by atoms with Crippen molar-refractivity contribution >= 4 is 5.97 Å². The maximum absolute atomic E-state index is 11.7. The molecule has 0 saturated heterocycles. The molecular formula is C11H20O4. The van der Waals surface area contributed by atoms with Crippen molar-refractivity contribution in [3.05, 3.63) is 0 Å². The quantitative estimate of drug-likeness (QED) is 0.684. The Labute approximate surface area is 90.2 Å². The van der Waals surface area contributed by atoms with Gasteiger partial charge in [0, 0.05) is 6.61 Å². The third-order valence-corrected chi connectivity index (χ3v) is 2.52. The van der Waals surface area contributed by atoms with E-state index in [2.05, 4.69) is 0 Å². The smallest absolute Gasteiger partial charge is 0.312 e. The standard InChI is InChI=1S/C11H20O4/c1-10(2,3)15-9(13)8(4-7-12)11(14)5-6-11/h8,12,14H,4-7H2,1-3H3/t8-/m0/s1. The maximum atomic E-state index is 11.7. The summed E-state index contributed by atoms with van der Waals surface area (Å²) >= 11 is 0. The number of aliphatic hydroxyl groups excluding tert-OH is 1. The Kier molecular flexibility index (Phi) is 3.41. The van der Waals surface area contributed by atoms with E-state index in [9.17, 15) is 9.90 Å². The first-order valence-corrected chi connectivity index (χ1v) is 5.34. The van der Waals surface area contributed by atoms with Crippen molar-refractivity contribution < 1.29 is 19.7 Å². The lowest BCUT2D eigenvalue weighted by molar-refractivity contribution is -0.166. The Morgan fingerprint density at radius 1 is 1.47 bits per heavy atom. The minimum Gasteiger partial charge on any atom is -0.460 e. The van der Waals surface area contributed by atoms with Crippen LogP contribution in [0.2, 0.25) is 0 Å². The Morgan fingerprint density at radius 2 is 2.00 bits per heavy atom. The van der Waals surface area contributed by atoms with E-state index in [1.165, 1.54) is 0 Å². The van der Waals surface area contributed by atoms with E-state index in [1.54, 1.807) is 20.8 Å². The number of carbonyl (C=O) groups is 1. The largest absolute Gasteiger partial charge is 0.460 e. The highest BCUT2D eigenvalue weighted by Crippen LogP contribution is 2.44. The Hall–Kier alpha value is -0.610. The summed E-state index contributed by atoms with van der Waals surface area (Å²) in [6.07, 6.45) is 1.51. The summed E-state index contributed by atoms with van der Waals surface area (Å²) in [6.45, 7) is 5.26. The van der Waals surface area contributed by atoms with Crippen LogP contribution in [0.4, 0.5) is 0 Å². The van der Waals surface area contributed by atoms with Crippen molar-refractivity contribution in [1.29, 1.82) is 0 Å². The van der Waals surface area contributed by atoms with Gasteiger partial charge in [-0.3, -0.25) is 4.79 Å². The first-order chi connectivity index (χ1) is 6.78. The predicted octanol–water partition coefficient (Wildman–Crippen LogP) is 0.852. The average Bonchev–Trinajstić information content (AvgIpc) is 2.77. The molecule has 4 nitrogen and oxygen atoms in total. The Morgan fingerprint density at radius 3 is 2.33 bits per heavy atom. The fourth-order valence-corrected chi connectivity index (χ4v) is 1.58. The van der Waals surface area contributed by atoms with Gasteiger partial charge in [-0.15, -0.1) is 0 Å². The lowest BCUT2D eigenvalue weighted by atomic mass is 9.96. The second-order valence-corrected chi connectivity index (χ2v) is 5.20. The lowest BCUT2D eigenvalue weighted by Gasteiger charge is -2.26. The number of rotatable bonds is 4. The molecule has 0 aromatic carbocycles. The van der Waals surface area contributed by atoms with Crippen LogP contribution in [-0.2, 0) is 9.53 Å². The lowest BCUT2D eigenvalue weighted by Crippen LogP contribution is -2.36. The van der Waals surface area contributed by atoms with Crippen LogP contribution in [0.3, 0.4) is 0 Å². The number of aliphatic hydroxyl groups is 2. The molecule has 0 amide bonds. The molecule has 1 atom stereocenters. The third kappa shape index (κ3) is 3.47. The summed E-state index contributed by atoms with van der Waals surface area (Å²) in [4.78, 5) is 11.7. The molecule has 88 valence electrons. The normalized spacial score (nSPS) is 20.9. The van der Waals surface area contributed by atoms with Crippen molar-refractivity contribution in [3.8, 4) is 0 Å². The van der Waals surface area contributed by atoms with E-state index >= 15 is 0 Å². The van der Waals surface area contributed by atoms with Crippen LogP contribution >= 0.6 is 0 Å². The van der Waals surface area contributed by atoms with Gasteiger partial charge in [0.05, 0.1) is 11.5 Å². The number of carbonyl (C=O) groups excluding carboxylic acids is 1. The summed E-state index contributed by atoms with van der Waals surface area (Å²) in [5, 5.41) is 18.7. The number of hydrogen-bond donors (Lipinski definition) is 2. The van der Waals surface area contributed by atoms with Crippen LogP contribution in [0.1, 0.15) is 40.0 Å². The van der Waals surface area contributed by atoms with Crippen LogP contribution in [0, 0.1) is 5.92 Å². The molecule has 1 aliphatic carbocycles. The molecule has 0 aliphatic heterocycles. The molecule has 0 spiro atoms. The van der Waals surface area contributed by atoms with Crippen LogP contribution in [-0.4, -0.2) is 34.0 Å². The Bertz CT molecular complexity index is 237. The maximum Gasteiger partial charge on any atom is 0.312 e. The summed E-state index contributed by atoms with van der Waals surface area (Å²) in [5.41, 5.74) is -1.47. The summed E-state index contributed by atoms with van der Waals surface area (Å²) in [6, 6.07) is 0. The van der Waals surface area contributed by atoms with Gasteiger partial charge in [-0.1, -0.05) is 0 Å². The highest BCUT2D eigenvalue weighted by Gasteiger charge is 2.51. The first kappa shape index (κ1) is 12.5. The van der Waals surface area contributed by atoms with Gasteiger partial charge in [0.1, 0.15) is 5.60 Å². The highest BCUT2D eigenvalue weighted by atomic mass is 16.6. The number of esters is 1.